The number of aromatic nitrogens is 3. The molecular formula is C10H7ClN4. The molecule has 0 bridgehead atoms. The Labute approximate surface area is 90.3 Å². The van der Waals surface area contributed by atoms with Crippen LogP contribution in [0.1, 0.15) is 0 Å². The topological polar surface area (TPSA) is 56.2 Å². The minimum atomic E-state index is 0.583. The number of nitrogen functional groups attached to an aromatic ring is 1. The molecule has 5 heteroatoms. The van der Waals surface area contributed by atoms with Gasteiger partial charge in [-0.2, -0.15) is 0 Å². The fourth-order valence-corrected chi connectivity index (χ4v) is 1.81. The molecule has 0 aliphatic heterocycles. The van der Waals surface area contributed by atoms with Crippen LogP contribution in [-0.4, -0.2) is 14.4 Å². The first-order valence-electron chi connectivity index (χ1n) is 4.43. The van der Waals surface area contributed by atoms with Crippen LogP contribution in [-0.2, 0) is 0 Å². The van der Waals surface area contributed by atoms with Crippen LogP contribution in [0.3, 0.4) is 0 Å². The first-order chi connectivity index (χ1) is 7.25. The van der Waals surface area contributed by atoms with Crippen LogP contribution in [0.15, 0.2) is 30.6 Å². The maximum Gasteiger partial charge on any atom is 0.157 e. The SMILES string of the molecule is Nc1cnc2cnc3ccc(Cl)cc3n12. The van der Waals surface area contributed by atoms with Gasteiger partial charge in [0.15, 0.2) is 5.65 Å². The van der Waals surface area contributed by atoms with Crippen LogP contribution in [0.5, 0.6) is 0 Å². The fourth-order valence-electron chi connectivity index (χ4n) is 1.65. The summed E-state index contributed by atoms with van der Waals surface area (Å²) in [5, 5.41) is 0.657. The summed E-state index contributed by atoms with van der Waals surface area (Å²) in [6, 6.07) is 5.49. The minimum Gasteiger partial charge on any atom is -0.383 e. The Kier molecular flexibility index (Phi) is 1.61. The predicted molar refractivity (Wildman–Crippen MR) is 59.9 cm³/mol. The Morgan fingerprint density at radius 1 is 1.20 bits per heavy atom. The molecule has 2 N–H and O–H groups in total. The fraction of sp³-hybridized carbons (Fsp3) is 0. The quantitative estimate of drug-likeness (QED) is 0.629. The smallest absolute Gasteiger partial charge is 0.157 e. The number of nitrogens with two attached hydrogens (primary N) is 1. The molecule has 0 saturated heterocycles. The third kappa shape index (κ3) is 1.15. The Morgan fingerprint density at radius 3 is 2.93 bits per heavy atom. The summed E-state index contributed by atoms with van der Waals surface area (Å²) in [6.45, 7) is 0. The zero-order chi connectivity index (χ0) is 10.4. The van der Waals surface area contributed by atoms with Crippen molar-refractivity contribution < 1.29 is 0 Å². The molecule has 2 aromatic heterocycles. The van der Waals surface area contributed by atoms with Gasteiger partial charge in [0.25, 0.3) is 0 Å². The number of benzene rings is 1. The molecule has 74 valence electrons. The van der Waals surface area contributed by atoms with Crippen LogP contribution in [0, 0.1) is 0 Å². The van der Waals surface area contributed by atoms with Gasteiger partial charge in [-0.05, 0) is 18.2 Å². The highest BCUT2D eigenvalue weighted by Gasteiger charge is 2.05. The van der Waals surface area contributed by atoms with Crippen LogP contribution < -0.4 is 5.73 Å². The number of imidazole rings is 1. The largest absolute Gasteiger partial charge is 0.383 e. The molecular weight excluding hydrogens is 212 g/mol. The van der Waals surface area contributed by atoms with Gasteiger partial charge in [0, 0.05) is 5.02 Å². The Hall–Kier alpha value is -1.81. The molecule has 15 heavy (non-hydrogen) atoms. The van der Waals surface area contributed by atoms with Gasteiger partial charge in [-0.1, -0.05) is 11.6 Å². The van der Waals surface area contributed by atoms with Gasteiger partial charge in [0.05, 0.1) is 23.4 Å². The molecule has 0 radical (unpaired) electrons. The van der Waals surface area contributed by atoms with Crippen molar-refractivity contribution in [1.29, 1.82) is 0 Å². The molecule has 0 saturated carbocycles. The van der Waals surface area contributed by atoms with E-state index in [1.807, 2.05) is 16.5 Å². The van der Waals surface area contributed by atoms with Gasteiger partial charge in [0.2, 0.25) is 0 Å². The van der Waals surface area contributed by atoms with E-state index in [4.69, 9.17) is 17.3 Å². The zero-order valence-corrected chi connectivity index (χ0v) is 8.44. The third-order valence-electron chi connectivity index (χ3n) is 2.31. The van der Waals surface area contributed by atoms with Crippen molar-refractivity contribution in [3.05, 3.63) is 35.6 Å². The highest BCUT2D eigenvalue weighted by molar-refractivity contribution is 6.31. The summed E-state index contributed by atoms with van der Waals surface area (Å²) in [5.41, 5.74) is 8.26. The number of rotatable bonds is 0. The van der Waals surface area contributed by atoms with E-state index < -0.39 is 0 Å². The highest BCUT2D eigenvalue weighted by Crippen LogP contribution is 2.20. The number of halogens is 1. The summed E-state index contributed by atoms with van der Waals surface area (Å²) in [4.78, 5) is 8.40. The van der Waals surface area contributed by atoms with Gasteiger partial charge in [-0.15, -0.1) is 0 Å². The van der Waals surface area contributed by atoms with E-state index in [-0.39, 0.29) is 0 Å². The second kappa shape index (κ2) is 2.84. The lowest BCUT2D eigenvalue weighted by atomic mass is 10.3. The second-order valence-electron chi connectivity index (χ2n) is 3.27. The molecule has 2 heterocycles. The van der Waals surface area contributed by atoms with Gasteiger partial charge in [-0.3, -0.25) is 9.38 Å². The maximum absolute atomic E-state index is 5.94. The van der Waals surface area contributed by atoms with E-state index >= 15 is 0 Å². The van der Waals surface area contributed by atoms with Gasteiger partial charge in [-0.25, -0.2) is 4.98 Å². The molecule has 0 unspecified atom stereocenters. The molecule has 4 nitrogen and oxygen atoms in total. The van der Waals surface area contributed by atoms with Crippen LogP contribution >= 0.6 is 11.6 Å². The van der Waals surface area contributed by atoms with Crippen molar-refractivity contribution in [2.75, 3.05) is 5.73 Å². The number of anilines is 1. The number of fused-ring (bicyclic) bond motifs is 3. The Morgan fingerprint density at radius 2 is 2.07 bits per heavy atom. The van der Waals surface area contributed by atoms with Crippen molar-refractivity contribution >= 4 is 34.1 Å². The van der Waals surface area contributed by atoms with Crippen LogP contribution in [0.4, 0.5) is 5.82 Å². The lowest BCUT2D eigenvalue weighted by Crippen LogP contribution is -1.95. The first-order valence-corrected chi connectivity index (χ1v) is 4.81. The van der Waals surface area contributed by atoms with Crippen molar-refractivity contribution in [3.8, 4) is 0 Å². The van der Waals surface area contributed by atoms with E-state index in [2.05, 4.69) is 9.97 Å². The predicted octanol–water partition coefficient (Wildman–Crippen LogP) is 2.12. The molecule has 3 aromatic rings. The van der Waals surface area contributed by atoms with Gasteiger partial charge >= 0.3 is 0 Å². The average molecular weight is 219 g/mol. The van der Waals surface area contributed by atoms with E-state index in [0.717, 1.165) is 16.7 Å². The molecule has 1 aromatic carbocycles. The summed E-state index contributed by atoms with van der Waals surface area (Å²) < 4.78 is 1.83. The van der Waals surface area contributed by atoms with E-state index in [1.165, 1.54) is 0 Å². The number of hydrogen-bond donors (Lipinski definition) is 1. The molecule has 0 aliphatic rings. The highest BCUT2D eigenvalue weighted by atomic mass is 35.5. The third-order valence-corrected chi connectivity index (χ3v) is 2.55. The molecule has 0 atom stereocenters. The molecule has 0 spiro atoms. The van der Waals surface area contributed by atoms with E-state index in [9.17, 15) is 0 Å². The standard InChI is InChI=1S/C10H7ClN4/c11-6-1-2-7-8(3-6)15-9(12)4-14-10(15)5-13-7/h1-5H,12H2. The molecule has 0 fully saturated rings. The van der Waals surface area contributed by atoms with Gasteiger partial charge < -0.3 is 5.73 Å². The van der Waals surface area contributed by atoms with Crippen molar-refractivity contribution in [2.24, 2.45) is 0 Å². The number of hydrogen-bond acceptors (Lipinski definition) is 3. The first kappa shape index (κ1) is 8.49. The van der Waals surface area contributed by atoms with Gasteiger partial charge in [0.1, 0.15) is 5.82 Å². The van der Waals surface area contributed by atoms with Crippen molar-refractivity contribution in [3.63, 3.8) is 0 Å². The molecule has 3 rings (SSSR count). The van der Waals surface area contributed by atoms with E-state index in [1.54, 1.807) is 18.5 Å². The summed E-state index contributed by atoms with van der Waals surface area (Å²) >= 11 is 5.94. The molecule has 0 aliphatic carbocycles. The monoisotopic (exact) mass is 218 g/mol. The number of nitrogens with zero attached hydrogens (tertiary/aromatic N) is 3. The van der Waals surface area contributed by atoms with Crippen molar-refractivity contribution in [2.45, 2.75) is 0 Å². The minimum absolute atomic E-state index is 0.583. The zero-order valence-electron chi connectivity index (χ0n) is 7.68. The summed E-state index contributed by atoms with van der Waals surface area (Å²) in [7, 11) is 0. The Balaban J connectivity index is 2.61. The lowest BCUT2D eigenvalue weighted by Gasteiger charge is -2.02. The van der Waals surface area contributed by atoms with Crippen LogP contribution in [0.25, 0.3) is 16.7 Å². The van der Waals surface area contributed by atoms with Crippen molar-refractivity contribution in [1.82, 2.24) is 14.4 Å². The summed E-state index contributed by atoms with van der Waals surface area (Å²) in [6.07, 6.45) is 3.30. The second-order valence-corrected chi connectivity index (χ2v) is 3.70. The lowest BCUT2D eigenvalue weighted by molar-refractivity contribution is 1.22. The van der Waals surface area contributed by atoms with E-state index in [0.29, 0.717) is 10.8 Å². The maximum atomic E-state index is 5.94. The molecule has 0 amide bonds. The average Bonchev–Trinajstić information content (AvgIpc) is 2.60. The van der Waals surface area contributed by atoms with Crippen LogP contribution in [0.2, 0.25) is 5.02 Å². The summed E-state index contributed by atoms with van der Waals surface area (Å²) in [5.74, 6) is 0.583. The normalized spacial score (nSPS) is 11.3. The Bertz CT molecular complexity index is 659.